The SMILES string of the molecule is CCCCCOc1ccc(/C(O)=C2/C(=O)C(=O)N(CCOC)C2c2ccc(O)c(OCC)c2)cc1. The van der Waals surface area contributed by atoms with Crippen LogP contribution in [0.15, 0.2) is 48.0 Å². The number of carbonyl (C=O) groups excluding carboxylic acids is 2. The number of aliphatic hydroxyl groups is 1. The number of unbranched alkanes of at least 4 members (excludes halogenated alkanes) is 2. The number of carbonyl (C=O) groups is 2. The summed E-state index contributed by atoms with van der Waals surface area (Å²) in [5, 5.41) is 21.3. The van der Waals surface area contributed by atoms with Gasteiger partial charge in [0.05, 0.1) is 31.4 Å². The minimum Gasteiger partial charge on any atom is -0.507 e. The maximum atomic E-state index is 13.1. The van der Waals surface area contributed by atoms with E-state index in [1.807, 2.05) is 0 Å². The molecule has 2 aromatic carbocycles. The molecular weight excluding hydrogens is 450 g/mol. The van der Waals surface area contributed by atoms with E-state index < -0.39 is 17.7 Å². The van der Waals surface area contributed by atoms with E-state index in [1.54, 1.807) is 43.3 Å². The second-order valence-electron chi connectivity index (χ2n) is 8.23. The molecular formula is C27H33NO7. The molecule has 0 bridgehead atoms. The van der Waals surface area contributed by atoms with Gasteiger partial charge >= 0.3 is 0 Å². The number of aliphatic hydroxyl groups excluding tert-OH is 1. The second-order valence-corrected chi connectivity index (χ2v) is 8.23. The number of likely N-dealkylation sites (tertiary alicyclic amines) is 1. The number of nitrogens with zero attached hydrogens (tertiary/aromatic N) is 1. The number of hydrogen-bond acceptors (Lipinski definition) is 7. The topological polar surface area (TPSA) is 106 Å². The van der Waals surface area contributed by atoms with E-state index in [9.17, 15) is 19.8 Å². The molecule has 1 aliphatic heterocycles. The first kappa shape index (κ1) is 26.1. The molecule has 1 aliphatic rings. The number of amides is 1. The summed E-state index contributed by atoms with van der Waals surface area (Å²) in [5.74, 6) is -0.956. The van der Waals surface area contributed by atoms with Crippen LogP contribution in [0.4, 0.5) is 0 Å². The van der Waals surface area contributed by atoms with Gasteiger partial charge < -0.3 is 29.3 Å². The van der Waals surface area contributed by atoms with E-state index in [0.717, 1.165) is 19.3 Å². The number of ketones is 1. The van der Waals surface area contributed by atoms with Crippen molar-refractivity contribution in [2.75, 3.05) is 33.5 Å². The monoisotopic (exact) mass is 483 g/mol. The number of phenols is 1. The zero-order chi connectivity index (χ0) is 25.4. The van der Waals surface area contributed by atoms with Crippen LogP contribution in [-0.2, 0) is 14.3 Å². The lowest BCUT2D eigenvalue weighted by Crippen LogP contribution is -2.32. The molecule has 1 atom stereocenters. The lowest BCUT2D eigenvalue weighted by atomic mass is 9.95. The largest absolute Gasteiger partial charge is 0.507 e. The molecule has 8 heteroatoms. The van der Waals surface area contributed by atoms with Crippen LogP contribution in [0.1, 0.15) is 50.3 Å². The van der Waals surface area contributed by atoms with E-state index in [0.29, 0.717) is 30.1 Å². The van der Waals surface area contributed by atoms with Crippen LogP contribution in [-0.4, -0.2) is 60.3 Å². The quantitative estimate of drug-likeness (QED) is 0.199. The molecule has 1 fully saturated rings. The first-order chi connectivity index (χ1) is 16.9. The molecule has 2 N–H and O–H groups in total. The molecule has 3 rings (SSSR count). The Balaban J connectivity index is 2.00. The van der Waals surface area contributed by atoms with Gasteiger partial charge in [-0.2, -0.15) is 0 Å². The third-order valence-corrected chi connectivity index (χ3v) is 5.82. The molecule has 1 saturated heterocycles. The van der Waals surface area contributed by atoms with Crippen LogP contribution >= 0.6 is 0 Å². The number of methoxy groups -OCH3 is 1. The average molecular weight is 484 g/mol. The Kier molecular flexibility index (Phi) is 9.14. The minimum atomic E-state index is -0.866. The van der Waals surface area contributed by atoms with Crippen molar-refractivity contribution in [3.8, 4) is 17.2 Å². The lowest BCUT2D eigenvalue weighted by Gasteiger charge is -2.25. The summed E-state index contributed by atoms with van der Waals surface area (Å²) >= 11 is 0. The first-order valence-corrected chi connectivity index (χ1v) is 11.9. The van der Waals surface area contributed by atoms with E-state index in [2.05, 4.69) is 6.92 Å². The molecule has 0 spiro atoms. The van der Waals surface area contributed by atoms with Gasteiger partial charge in [-0.1, -0.05) is 25.8 Å². The highest BCUT2D eigenvalue weighted by Crippen LogP contribution is 2.41. The van der Waals surface area contributed by atoms with Gasteiger partial charge in [0.15, 0.2) is 11.5 Å². The van der Waals surface area contributed by atoms with Crippen molar-refractivity contribution >= 4 is 17.4 Å². The molecule has 1 unspecified atom stereocenters. The number of rotatable bonds is 12. The Morgan fingerprint density at radius 3 is 2.40 bits per heavy atom. The summed E-state index contributed by atoms with van der Waals surface area (Å²) in [6.07, 6.45) is 3.15. The minimum absolute atomic E-state index is 0.0316. The summed E-state index contributed by atoms with van der Waals surface area (Å²) < 4.78 is 16.4. The molecule has 1 heterocycles. The summed E-state index contributed by atoms with van der Waals surface area (Å²) in [4.78, 5) is 27.4. The number of benzene rings is 2. The Labute approximate surface area is 205 Å². The van der Waals surface area contributed by atoms with Gasteiger partial charge in [0.1, 0.15) is 11.5 Å². The van der Waals surface area contributed by atoms with Gasteiger partial charge in [-0.05, 0) is 55.3 Å². The molecule has 0 radical (unpaired) electrons. The normalized spacial score (nSPS) is 17.1. The van der Waals surface area contributed by atoms with Gasteiger partial charge in [-0.15, -0.1) is 0 Å². The van der Waals surface area contributed by atoms with Crippen molar-refractivity contribution in [3.05, 3.63) is 59.2 Å². The van der Waals surface area contributed by atoms with Crippen LogP contribution in [0.5, 0.6) is 17.2 Å². The highest BCUT2D eigenvalue weighted by molar-refractivity contribution is 6.46. The van der Waals surface area contributed by atoms with Gasteiger partial charge in [0, 0.05) is 19.2 Å². The van der Waals surface area contributed by atoms with Gasteiger partial charge in [0.25, 0.3) is 11.7 Å². The second kappa shape index (κ2) is 12.3. The third-order valence-electron chi connectivity index (χ3n) is 5.82. The summed E-state index contributed by atoms with van der Waals surface area (Å²) in [5.41, 5.74) is 0.888. The fourth-order valence-electron chi connectivity index (χ4n) is 4.03. The molecule has 2 aromatic rings. The number of phenolic OH excluding ortho intramolecular Hbond substituents is 1. The summed E-state index contributed by atoms with van der Waals surface area (Å²) in [7, 11) is 1.51. The fraction of sp³-hybridized carbons (Fsp3) is 0.407. The van der Waals surface area contributed by atoms with Gasteiger partial charge in [0.2, 0.25) is 0 Å². The zero-order valence-corrected chi connectivity index (χ0v) is 20.5. The fourth-order valence-corrected chi connectivity index (χ4v) is 4.03. The summed E-state index contributed by atoms with van der Waals surface area (Å²) in [6.45, 7) is 5.20. The van der Waals surface area contributed by atoms with Crippen LogP contribution in [0.3, 0.4) is 0 Å². The third kappa shape index (κ3) is 5.95. The van der Waals surface area contributed by atoms with E-state index in [1.165, 1.54) is 18.1 Å². The number of hydrogen-bond donors (Lipinski definition) is 2. The zero-order valence-electron chi connectivity index (χ0n) is 20.5. The standard InChI is InChI=1S/C27H33NO7/c1-4-6-7-15-35-20-11-8-18(9-12-20)25(30)23-24(28(14-16-33-3)27(32)26(23)31)19-10-13-21(29)22(17-19)34-5-2/h8-13,17,24,29-30H,4-7,14-16H2,1-3H3/b25-23-. The van der Waals surface area contributed by atoms with Gasteiger partial charge in [-0.3, -0.25) is 9.59 Å². The average Bonchev–Trinajstić information content (AvgIpc) is 3.11. The van der Waals surface area contributed by atoms with Crippen molar-refractivity contribution in [2.45, 2.75) is 39.2 Å². The predicted molar refractivity (Wildman–Crippen MR) is 132 cm³/mol. The molecule has 35 heavy (non-hydrogen) atoms. The van der Waals surface area contributed by atoms with Crippen LogP contribution < -0.4 is 9.47 Å². The van der Waals surface area contributed by atoms with E-state index >= 15 is 0 Å². The molecule has 188 valence electrons. The summed E-state index contributed by atoms with van der Waals surface area (Å²) in [6, 6.07) is 10.5. The highest BCUT2D eigenvalue weighted by atomic mass is 16.5. The first-order valence-electron chi connectivity index (χ1n) is 11.9. The molecule has 1 amide bonds. The molecule has 0 aliphatic carbocycles. The Morgan fingerprint density at radius 1 is 1.00 bits per heavy atom. The predicted octanol–water partition coefficient (Wildman–Crippen LogP) is 4.43. The Bertz CT molecular complexity index is 1060. The Morgan fingerprint density at radius 2 is 1.74 bits per heavy atom. The maximum Gasteiger partial charge on any atom is 0.295 e. The smallest absolute Gasteiger partial charge is 0.295 e. The van der Waals surface area contributed by atoms with Crippen LogP contribution in [0, 0.1) is 0 Å². The van der Waals surface area contributed by atoms with Crippen LogP contribution in [0.25, 0.3) is 5.76 Å². The molecule has 0 saturated carbocycles. The highest BCUT2D eigenvalue weighted by Gasteiger charge is 2.46. The molecule has 8 nitrogen and oxygen atoms in total. The molecule has 0 aromatic heterocycles. The number of ether oxygens (including phenoxy) is 3. The van der Waals surface area contributed by atoms with Crippen molar-refractivity contribution in [1.82, 2.24) is 4.90 Å². The van der Waals surface area contributed by atoms with Crippen molar-refractivity contribution in [1.29, 1.82) is 0 Å². The van der Waals surface area contributed by atoms with Crippen molar-refractivity contribution in [2.24, 2.45) is 0 Å². The van der Waals surface area contributed by atoms with Crippen molar-refractivity contribution < 1.29 is 34.0 Å². The number of aromatic hydroxyl groups is 1. The van der Waals surface area contributed by atoms with Crippen LogP contribution in [0.2, 0.25) is 0 Å². The maximum absolute atomic E-state index is 13.1. The Hall–Kier alpha value is -3.52. The van der Waals surface area contributed by atoms with E-state index in [4.69, 9.17) is 14.2 Å². The van der Waals surface area contributed by atoms with Crippen molar-refractivity contribution in [3.63, 3.8) is 0 Å². The van der Waals surface area contributed by atoms with Gasteiger partial charge in [-0.25, -0.2) is 0 Å². The van der Waals surface area contributed by atoms with E-state index in [-0.39, 0.29) is 36.0 Å². The number of Topliss-reactive ketones (excluding diaryl/α,β-unsaturated/α-hetero) is 1. The lowest BCUT2D eigenvalue weighted by molar-refractivity contribution is -0.140.